The Hall–Kier alpha value is -0.850. The van der Waals surface area contributed by atoms with Crippen LogP contribution < -0.4 is 0 Å². The smallest absolute Gasteiger partial charge is 0.217 e. The minimum atomic E-state index is -3.26. The van der Waals surface area contributed by atoms with Crippen molar-refractivity contribution in [3.05, 3.63) is 17.9 Å². The lowest BCUT2D eigenvalue weighted by Gasteiger charge is -2.39. The molecule has 1 saturated heterocycles. The zero-order chi connectivity index (χ0) is 14.9. The summed E-state index contributed by atoms with van der Waals surface area (Å²) in [5.41, 5.74) is 0. The van der Waals surface area contributed by atoms with Gasteiger partial charge in [0, 0.05) is 18.8 Å². The molecule has 2 fully saturated rings. The van der Waals surface area contributed by atoms with E-state index in [1.54, 1.807) is 12.1 Å². The van der Waals surface area contributed by atoms with E-state index in [9.17, 15) is 8.42 Å². The van der Waals surface area contributed by atoms with Gasteiger partial charge in [0.15, 0.2) is 0 Å². The second-order valence-electron chi connectivity index (χ2n) is 6.22. The summed E-state index contributed by atoms with van der Waals surface area (Å²) < 4.78 is 34.0. The van der Waals surface area contributed by atoms with Gasteiger partial charge in [-0.1, -0.05) is 19.3 Å². The molecule has 0 radical (unpaired) electrons. The fourth-order valence-corrected chi connectivity index (χ4v) is 3.64. The minimum Gasteiger partial charge on any atom is -0.448 e. The second-order valence-corrected chi connectivity index (χ2v) is 8.17. The Morgan fingerprint density at radius 1 is 1.33 bits per heavy atom. The van der Waals surface area contributed by atoms with Crippen LogP contribution in [-0.4, -0.2) is 45.4 Å². The van der Waals surface area contributed by atoms with Crippen LogP contribution in [0.25, 0.3) is 0 Å². The molecule has 2 heterocycles. The van der Waals surface area contributed by atoms with E-state index in [0.717, 1.165) is 31.4 Å². The lowest BCUT2D eigenvalue weighted by molar-refractivity contribution is -0.0273. The average molecular weight is 313 g/mol. The molecule has 0 bridgehead atoms. The highest BCUT2D eigenvalue weighted by atomic mass is 32.2. The number of rotatable bonds is 5. The summed E-state index contributed by atoms with van der Waals surface area (Å²) in [6, 6.07) is 3.74. The summed E-state index contributed by atoms with van der Waals surface area (Å²) in [5, 5.41) is 0.0568. The summed E-state index contributed by atoms with van der Waals surface area (Å²) in [4.78, 5) is 2.37. The SMILES string of the molecule is CS(=O)(=O)c1ccc(CN2CCOCC2CC2CCC2)o1. The third-order valence-electron chi connectivity index (χ3n) is 4.54. The van der Waals surface area contributed by atoms with Crippen LogP contribution >= 0.6 is 0 Å². The van der Waals surface area contributed by atoms with Gasteiger partial charge in [-0.05, 0) is 24.5 Å². The first-order valence-corrected chi connectivity index (χ1v) is 9.52. The van der Waals surface area contributed by atoms with Crippen molar-refractivity contribution in [3.8, 4) is 0 Å². The van der Waals surface area contributed by atoms with E-state index in [0.29, 0.717) is 12.6 Å². The van der Waals surface area contributed by atoms with Crippen molar-refractivity contribution < 1.29 is 17.6 Å². The maximum Gasteiger partial charge on any atom is 0.217 e. The average Bonchev–Trinajstić information content (AvgIpc) is 2.84. The number of ether oxygens (including phenoxy) is 1. The van der Waals surface area contributed by atoms with E-state index in [4.69, 9.17) is 9.15 Å². The van der Waals surface area contributed by atoms with Gasteiger partial charge in [0.1, 0.15) is 5.76 Å². The number of nitrogens with zero attached hydrogens (tertiary/aromatic N) is 1. The van der Waals surface area contributed by atoms with Gasteiger partial charge in [-0.25, -0.2) is 8.42 Å². The monoisotopic (exact) mass is 313 g/mol. The molecule has 1 aliphatic heterocycles. The summed E-state index contributed by atoms with van der Waals surface area (Å²) in [5.74, 6) is 1.55. The van der Waals surface area contributed by atoms with Crippen molar-refractivity contribution in [1.82, 2.24) is 4.90 Å². The van der Waals surface area contributed by atoms with Crippen molar-refractivity contribution in [2.75, 3.05) is 26.0 Å². The van der Waals surface area contributed by atoms with Crippen molar-refractivity contribution >= 4 is 9.84 Å². The highest BCUT2D eigenvalue weighted by molar-refractivity contribution is 7.90. The lowest BCUT2D eigenvalue weighted by atomic mass is 9.80. The molecule has 1 unspecified atom stereocenters. The maximum atomic E-state index is 11.5. The molecule has 2 aliphatic rings. The number of furan rings is 1. The Morgan fingerprint density at radius 2 is 2.14 bits per heavy atom. The molecule has 3 rings (SSSR count). The third kappa shape index (κ3) is 3.67. The largest absolute Gasteiger partial charge is 0.448 e. The first-order chi connectivity index (χ1) is 10.0. The highest BCUT2D eigenvalue weighted by Crippen LogP contribution is 2.32. The normalized spacial score (nSPS) is 24.9. The quantitative estimate of drug-likeness (QED) is 0.833. The van der Waals surface area contributed by atoms with Crippen molar-refractivity contribution in [3.63, 3.8) is 0 Å². The van der Waals surface area contributed by atoms with Gasteiger partial charge in [-0.2, -0.15) is 0 Å². The molecule has 1 aromatic rings. The van der Waals surface area contributed by atoms with Crippen LogP contribution in [0.15, 0.2) is 21.6 Å². The van der Waals surface area contributed by atoms with Gasteiger partial charge in [0.05, 0.1) is 19.8 Å². The fraction of sp³-hybridized carbons (Fsp3) is 0.733. The number of morpholine rings is 1. The van der Waals surface area contributed by atoms with Crippen LogP contribution in [0.5, 0.6) is 0 Å². The lowest BCUT2D eigenvalue weighted by Crippen LogP contribution is -2.46. The molecular weight excluding hydrogens is 290 g/mol. The highest BCUT2D eigenvalue weighted by Gasteiger charge is 2.29. The van der Waals surface area contributed by atoms with E-state index in [2.05, 4.69) is 4.90 Å². The number of hydrogen-bond donors (Lipinski definition) is 0. The van der Waals surface area contributed by atoms with E-state index in [1.807, 2.05) is 0 Å². The summed E-state index contributed by atoms with van der Waals surface area (Å²) in [6.45, 7) is 3.06. The zero-order valence-electron chi connectivity index (χ0n) is 12.5. The van der Waals surface area contributed by atoms with Gasteiger partial charge in [0.25, 0.3) is 0 Å². The van der Waals surface area contributed by atoms with Crippen molar-refractivity contribution in [2.45, 2.75) is 43.4 Å². The Balaban J connectivity index is 1.64. The Labute approximate surface area is 126 Å². The van der Waals surface area contributed by atoms with Crippen LogP contribution in [0, 0.1) is 5.92 Å². The molecule has 5 nitrogen and oxygen atoms in total. The van der Waals surface area contributed by atoms with Gasteiger partial charge in [-0.15, -0.1) is 0 Å². The molecule has 0 amide bonds. The fourth-order valence-electron chi connectivity index (χ4n) is 3.07. The molecule has 1 saturated carbocycles. The van der Waals surface area contributed by atoms with Gasteiger partial charge in [0.2, 0.25) is 14.9 Å². The molecule has 0 aromatic carbocycles. The first-order valence-electron chi connectivity index (χ1n) is 7.63. The molecule has 1 aliphatic carbocycles. The summed E-state index contributed by atoms with van der Waals surface area (Å²) in [6.07, 6.45) is 6.38. The molecular formula is C15H23NO4S. The molecule has 1 atom stereocenters. The van der Waals surface area contributed by atoms with E-state index < -0.39 is 9.84 Å². The van der Waals surface area contributed by atoms with Crippen molar-refractivity contribution in [1.29, 1.82) is 0 Å². The molecule has 0 spiro atoms. The summed E-state index contributed by atoms with van der Waals surface area (Å²) in [7, 11) is -3.26. The zero-order valence-corrected chi connectivity index (χ0v) is 13.3. The second kappa shape index (κ2) is 6.10. The number of hydrogen-bond acceptors (Lipinski definition) is 5. The molecule has 21 heavy (non-hydrogen) atoms. The maximum absolute atomic E-state index is 11.5. The predicted octanol–water partition coefficient (Wildman–Crippen LogP) is 2.07. The van der Waals surface area contributed by atoms with Gasteiger partial charge in [-0.3, -0.25) is 4.90 Å². The first kappa shape index (κ1) is 15.1. The Kier molecular flexibility index (Phi) is 4.38. The van der Waals surface area contributed by atoms with Crippen LogP contribution in [0.2, 0.25) is 0 Å². The number of sulfone groups is 1. The third-order valence-corrected chi connectivity index (χ3v) is 5.49. The Morgan fingerprint density at radius 3 is 2.76 bits per heavy atom. The van der Waals surface area contributed by atoms with Crippen LogP contribution in [0.4, 0.5) is 0 Å². The van der Waals surface area contributed by atoms with Gasteiger partial charge >= 0.3 is 0 Å². The van der Waals surface area contributed by atoms with Crippen molar-refractivity contribution in [2.24, 2.45) is 5.92 Å². The Bertz CT molecular complexity index is 576. The molecule has 1 aromatic heterocycles. The van der Waals surface area contributed by atoms with Gasteiger partial charge < -0.3 is 9.15 Å². The topological polar surface area (TPSA) is 59.8 Å². The predicted molar refractivity (Wildman–Crippen MR) is 78.8 cm³/mol. The minimum absolute atomic E-state index is 0.0568. The van der Waals surface area contributed by atoms with Crippen LogP contribution in [0.1, 0.15) is 31.4 Å². The summed E-state index contributed by atoms with van der Waals surface area (Å²) >= 11 is 0. The van der Waals surface area contributed by atoms with E-state index >= 15 is 0 Å². The molecule has 118 valence electrons. The van der Waals surface area contributed by atoms with E-state index in [1.165, 1.54) is 31.9 Å². The van der Waals surface area contributed by atoms with E-state index in [-0.39, 0.29) is 5.09 Å². The molecule has 0 N–H and O–H groups in total. The standard InChI is InChI=1S/C15H23NO4S/c1-21(17,18)15-6-5-14(20-15)10-16-7-8-19-11-13(16)9-12-3-2-4-12/h5-6,12-13H,2-4,7-11H2,1H3. The van der Waals surface area contributed by atoms with Crippen LogP contribution in [0.3, 0.4) is 0 Å². The van der Waals surface area contributed by atoms with Crippen LogP contribution in [-0.2, 0) is 21.1 Å². The molecule has 6 heteroatoms.